The molecule has 3 N–H and O–H groups in total. The fraction of sp³-hybridized carbons (Fsp3) is 0.370. The van der Waals surface area contributed by atoms with E-state index < -0.39 is 0 Å². The fourth-order valence-electron chi connectivity index (χ4n) is 4.78. The van der Waals surface area contributed by atoms with Crippen molar-refractivity contribution in [2.75, 3.05) is 38.2 Å². The van der Waals surface area contributed by atoms with Gasteiger partial charge >= 0.3 is 0 Å². The summed E-state index contributed by atoms with van der Waals surface area (Å²) in [6.45, 7) is 8.62. The zero-order valence-corrected chi connectivity index (χ0v) is 21.7. The van der Waals surface area contributed by atoms with Crippen molar-refractivity contribution in [2.24, 2.45) is 0 Å². The maximum absolute atomic E-state index is 13.5. The Morgan fingerprint density at radius 3 is 2.68 bits per heavy atom. The molecule has 2 aromatic heterocycles. The number of hydrogen-bond acceptors (Lipinski definition) is 6. The van der Waals surface area contributed by atoms with Crippen LogP contribution in [-0.2, 0) is 16.0 Å². The number of likely N-dealkylation sites (N-methyl/N-ethyl adjacent to an activating group) is 1. The first kappa shape index (κ1) is 25.9. The van der Waals surface area contributed by atoms with Crippen LogP contribution in [-0.4, -0.2) is 69.2 Å². The molecule has 1 saturated heterocycles. The highest BCUT2D eigenvalue weighted by Gasteiger charge is 2.28. The molecule has 0 radical (unpaired) electrons. The number of hydrogen-bond donors (Lipinski definition) is 2. The van der Waals surface area contributed by atoms with Gasteiger partial charge in [-0.05, 0) is 55.5 Å². The second-order valence-electron chi connectivity index (χ2n) is 9.63. The molecule has 1 aromatic carbocycles. The average molecular weight is 504 g/mol. The Balaban J connectivity index is 1.66. The summed E-state index contributed by atoms with van der Waals surface area (Å²) in [5.41, 5.74) is 10.5. The van der Waals surface area contributed by atoms with Gasteiger partial charge in [-0.15, -0.1) is 0 Å². The Labute approximate surface area is 216 Å². The lowest BCUT2D eigenvalue weighted by molar-refractivity contribution is -0.128. The van der Waals surface area contributed by atoms with Gasteiger partial charge < -0.3 is 25.4 Å². The lowest BCUT2D eigenvalue weighted by Gasteiger charge is -2.33. The highest BCUT2D eigenvalue weighted by Crippen LogP contribution is 2.32. The molecule has 1 atom stereocenters. The maximum Gasteiger partial charge on any atom is 0.258 e. The van der Waals surface area contributed by atoms with E-state index in [4.69, 9.17) is 5.73 Å². The van der Waals surface area contributed by atoms with Crippen molar-refractivity contribution in [3.05, 3.63) is 59.6 Å². The third kappa shape index (κ3) is 5.04. The van der Waals surface area contributed by atoms with Gasteiger partial charge in [0.1, 0.15) is 17.8 Å². The van der Waals surface area contributed by atoms with Crippen molar-refractivity contribution in [1.82, 2.24) is 24.3 Å². The van der Waals surface area contributed by atoms with Gasteiger partial charge in [0, 0.05) is 39.1 Å². The van der Waals surface area contributed by atoms with Crippen molar-refractivity contribution < 1.29 is 14.4 Å². The standard InChI is InChI=1S/C27H33N7O3/c1-6-22(35)33-11-7-8-19(13-33)34-14-20(24-25(28)29-15-30-26(24)34)27(37)31-21-10-9-18(16(2)17(21)3)12-23(36)32(4)5/h6,9-10,14-15,19H,1,7-8,11-13H2,2-5H3,(H,31,37)(H2,28,29,30). The van der Waals surface area contributed by atoms with Crippen molar-refractivity contribution in [2.45, 2.75) is 39.2 Å². The summed E-state index contributed by atoms with van der Waals surface area (Å²) in [5.74, 6) is -0.220. The molecule has 0 spiro atoms. The van der Waals surface area contributed by atoms with E-state index in [2.05, 4.69) is 21.9 Å². The molecule has 4 rings (SSSR count). The van der Waals surface area contributed by atoms with Crippen LogP contribution in [0.25, 0.3) is 11.0 Å². The molecular formula is C27H33N7O3. The number of anilines is 2. The first-order chi connectivity index (χ1) is 17.6. The molecule has 1 aliphatic heterocycles. The number of piperidine rings is 1. The summed E-state index contributed by atoms with van der Waals surface area (Å²) < 4.78 is 1.93. The molecule has 1 fully saturated rings. The van der Waals surface area contributed by atoms with Crippen LogP contribution in [0.1, 0.15) is 45.9 Å². The molecule has 10 nitrogen and oxygen atoms in total. The molecule has 0 saturated carbocycles. The van der Waals surface area contributed by atoms with E-state index >= 15 is 0 Å². The van der Waals surface area contributed by atoms with Crippen LogP contribution in [0.2, 0.25) is 0 Å². The molecule has 1 unspecified atom stereocenters. The minimum atomic E-state index is -0.334. The normalized spacial score (nSPS) is 15.5. The fourth-order valence-corrected chi connectivity index (χ4v) is 4.78. The number of amides is 3. The highest BCUT2D eigenvalue weighted by molar-refractivity contribution is 6.15. The molecule has 1 aliphatic rings. The topological polar surface area (TPSA) is 126 Å². The molecule has 0 aliphatic carbocycles. The first-order valence-electron chi connectivity index (χ1n) is 12.2. The van der Waals surface area contributed by atoms with Crippen LogP contribution in [0.15, 0.2) is 37.3 Å². The Hall–Kier alpha value is -4.21. The Bertz CT molecular complexity index is 1390. The minimum absolute atomic E-state index is 0.0126. The monoisotopic (exact) mass is 503 g/mol. The van der Waals surface area contributed by atoms with Gasteiger partial charge in [0.15, 0.2) is 0 Å². The summed E-state index contributed by atoms with van der Waals surface area (Å²) in [6.07, 6.45) is 6.41. The zero-order chi connectivity index (χ0) is 26.9. The quantitative estimate of drug-likeness (QED) is 0.498. The number of nitrogens with one attached hydrogen (secondary N) is 1. The molecule has 0 bridgehead atoms. The van der Waals surface area contributed by atoms with Crippen molar-refractivity contribution in [3.8, 4) is 0 Å². The van der Waals surface area contributed by atoms with Crippen LogP contribution >= 0.6 is 0 Å². The Kier molecular flexibility index (Phi) is 7.28. The van der Waals surface area contributed by atoms with E-state index in [-0.39, 0.29) is 29.6 Å². The number of likely N-dealkylation sites (tertiary alicyclic amines) is 1. The van der Waals surface area contributed by atoms with E-state index in [0.717, 1.165) is 29.5 Å². The lowest BCUT2D eigenvalue weighted by Crippen LogP contribution is -2.39. The SMILES string of the molecule is C=CC(=O)N1CCCC(n2cc(C(=O)Nc3ccc(CC(=O)N(C)C)c(C)c3C)c3c(N)ncnc32)C1. The van der Waals surface area contributed by atoms with Gasteiger partial charge in [-0.3, -0.25) is 14.4 Å². The zero-order valence-electron chi connectivity index (χ0n) is 21.7. The van der Waals surface area contributed by atoms with Crippen LogP contribution < -0.4 is 11.1 Å². The number of nitrogens with two attached hydrogens (primary N) is 1. The van der Waals surface area contributed by atoms with Gasteiger partial charge in [0.05, 0.1) is 23.4 Å². The third-order valence-corrected chi connectivity index (χ3v) is 7.15. The molecule has 10 heteroatoms. The number of carbonyl (C=O) groups excluding carboxylic acids is 3. The first-order valence-corrected chi connectivity index (χ1v) is 12.2. The number of aromatic nitrogens is 3. The van der Waals surface area contributed by atoms with Crippen LogP contribution in [0, 0.1) is 13.8 Å². The van der Waals surface area contributed by atoms with Gasteiger partial charge in [-0.2, -0.15) is 0 Å². The summed E-state index contributed by atoms with van der Waals surface area (Å²) in [5, 5.41) is 3.49. The second kappa shape index (κ2) is 10.4. The number of rotatable bonds is 6. The van der Waals surface area contributed by atoms with E-state index in [1.165, 1.54) is 12.4 Å². The number of benzene rings is 1. The number of nitrogen functional groups attached to an aromatic ring is 1. The van der Waals surface area contributed by atoms with E-state index in [1.54, 1.807) is 30.1 Å². The Morgan fingerprint density at radius 1 is 1.22 bits per heavy atom. The number of fused-ring (bicyclic) bond motifs is 1. The summed E-state index contributed by atoms with van der Waals surface area (Å²) in [4.78, 5) is 49.8. The van der Waals surface area contributed by atoms with Gasteiger partial charge in [-0.25, -0.2) is 9.97 Å². The molecular weight excluding hydrogens is 470 g/mol. The van der Waals surface area contributed by atoms with Crippen molar-refractivity contribution >= 4 is 40.3 Å². The molecule has 3 heterocycles. The number of carbonyl (C=O) groups is 3. The predicted molar refractivity (Wildman–Crippen MR) is 143 cm³/mol. The van der Waals surface area contributed by atoms with Gasteiger partial charge in [-0.1, -0.05) is 12.6 Å². The summed E-state index contributed by atoms with van der Waals surface area (Å²) >= 11 is 0. The van der Waals surface area contributed by atoms with E-state index in [9.17, 15) is 14.4 Å². The van der Waals surface area contributed by atoms with E-state index in [1.807, 2.05) is 30.5 Å². The highest BCUT2D eigenvalue weighted by atomic mass is 16.2. The molecule has 194 valence electrons. The molecule has 3 amide bonds. The van der Waals surface area contributed by atoms with E-state index in [0.29, 0.717) is 41.8 Å². The van der Waals surface area contributed by atoms with Crippen molar-refractivity contribution in [1.29, 1.82) is 0 Å². The third-order valence-electron chi connectivity index (χ3n) is 7.15. The van der Waals surface area contributed by atoms with Crippen LogP contribution in [0.5, 0.6) is 0 Å². The molecule has 37 heavy (non-hydrogen) atoms. The minimum Gasteiger partial charge on any atom is -0.383 e. The van der Waals surface area contributed by atoms with Crippen LogP contribution in [0.3, 0.4) is 0 Å². The predicted octanol–water partition coefficient (Wildman–Crippen LogP) is 2.86. The molecule has 3 aromatic rings. The Morgan fingerprint density at radius 2 is 1.97 bits per heavy atom. The second-order valence-corrected chi connectivity index (χ2v) is 9.63. The lowest BCUT2D eigenvalue weighted by atomic mass is 9.98. The average Bonchev–Trinajstić information content (AvgIpc) is 3.29. The summed E-state index contributed by atoms with van der Waals surface area (Å²) in [7, 11) is 3.46. The summed E-state index contributed by atoms with van der Waals surface area (Å²) in [6, 6.07) is 3.62. The smallest absolute Gasteiger partial charge is 0.258 e. The van der Waals surface area contributed by atoms with Gasteiger partial charge in [0.2, 0.25) is 11.8 Å². The largest absolute Gasteiger partial charge is 0.383 e. The van der Waals surface area contributed by atoms with Gasteiger partial charge in [0.25, 0.3) is 5.91 Å². The number of nitrogens with zero attached hydrogens (tertiary/aromatic N) is 5. The van der Waals surface area contributed by atoms with Crippen molar-refractivity contribution in [3.63, 3.8) is 0 Å². The van der Waals surface area contributed by atoms with Crippen LogP contribution in [0.4, 0.5) is 11.5 Å². The maximum atomic E-state index is 13.5.